The molecule has 13 heteroatoms. The second-order valence-corrected chi connectivity index (χ2v) is 8.29. The van der Waals surface area contributed by atoms with Gasteiger partial charge in [0, 0.05) is 37.2 Å². The number of hydrogen-bond acceptors (Lipinski definition) is 8. The van der Waals surface area contributed by atoms with Gasteiger partial charge in [-0.1, -0.05) is 17.7 Å². The molecule has 1 aromatic carbocycles. The molecule has 0 saturated heterocycles. The Balaban J connectivity index is 1.60. The summed E-state index contributed by atoms with van der Waals surface area (Å²) in [6.45, 7) is 2.34. The minimum atomic E-state index is -1.10. The summed E-state index contributed by atoms with van der Waals surface area (Å²) >= 11 is 0. The Kier molecular flexibility index (Phi) is 12.6. The van der Waals surface area contributed by atoms with Crippen molar-refractivity contribution < 1.29 is 43.3 Å². The first-order valence-electron chi connectivity index (χ1n) is 12.0. The van der Waals surface area contributed by atoms with Crippen molar-refractivity contribution in [2.24, 2.45) is 0 Å². The van der Waals surface area contributed by atoms with Gasteiger partial charge in [-0.15, -0.1) is 0 Å². The zero-order valence-corrected chi connectivity index (χ0v) is 21.1. The lowest BCUT2D eigenvalue weighted by Crippen LogP contribution is -2.48. The molecule has 5 amide bonds. The summed E-state index contributed by atoms with van der Waals surface area (Å²) in [5.74, 6) is -3.36. The standard InChI is InChI=1S/C25H32N4O9/c1-17-2-4-18(5-3-17)24(35)28-19(6-9-23(33)34)25(36)27-11-10-26-20(30)16-38-15-14-37-13-12-29-21(31)7-8-22(29)32/h2-5,7-8,19H,6,9-16H2,1H3,(H,26,30)(H,27,36)(H,28,35)(H,33,34). The monoisotopic (exact) mass is 532 g/mol. The van der Waals surface area contributed by atoms with Gasteiger partial charge in [0.05, 0.1) is 26.4 Å². The summed E-state index contributed by atoms with van der Waals surface area (Å²) in [7, 11) is 0. The topological polar surface area (TPSA) is 180 Å². The molecule has 1 atom stereocenters. The summed E-state index contributed by atoms with van der Waals surface area (Å²) in [5, 5.41) is 16.6. The number of imide groups is 1. The van der Waals surface area contributed by atoms with Crippen LogP contribution in [0.25, 0.3) is 0 Å². The van der Waals surface area contributed by atoms with Crippen LogP contribution in [0, 0.1) is 6.92 Å². The molecule has 2 rings (SSSR count). The molecule has 0 aromatic heterocycles. The van der Waals surface area contributed by atoms with Gasteiger partial charge in [-0.3, -0.25) is 33.7 Å². The minimum Gasteiger partial charge on any atom is -0.481 e. The van der Waals surface area contributed by atoms with E-state index in [4.69, 9.17) is 14.6 Å². The van der Waals surface area contributed by atoms with Gasteiger partial charge >= 0.3 is 5.97 Å². The first-order valence-corrected chi connectivity index (χ1v) is 12.0. The molecule has 0 spiro atoms. The summed E-state index contributed by atoms with van der Waals surface area (Å²) in [5.41, 5.74) is 1.31. The molecule has 0 fully saturated rings. The van der Waals surface area contributed by atoms with Crippen molar-refractivity contribution in [2.45, 2.75) is 25.8 Å². The quantitative estimate of drug-likeness (QED) is 0.147. The molecule has 1 aliphatic heterocycles. The lowest BCUT2D eigenvalue weighted by atomic mass is 10.1. The number of carbonyl (C=O) groups is 6. The van der Waals surface area contributed by atoms with E-state index in [1.165, 1.54) is 12.2 Å². The van der Waals surface area contributed by atoms with E-state index in [-0.39, 0.29) is 70.7 Å². The van der Waals surface area contributed by atoms with Crippen LogP contribution in [0.2, 0.25) is 0 Å². The van der Waals surface area contributed by atoms with Gasteiger partial charge in [0.1, 0.15) is 12.6 Å². The zero-order chi connectivity index (χ0) is 27.9. The molecule has 1 heterocycles. The number of carboxylic acids is 1. The third-order valence-electron chi connectivity index (χ3n) is 5.29. The fourth-order valence-electron chi connectivity index (χ4n) is 3.24. The van der Waals surface area contributed by atoms with E-state index in [0.717, 1.165) is 10.5 Å². The third kappa shape index (κ3) is 10.9. The number of ether oxygens (including phenoxy) is 2. The van der Waals surface area contributed by atoms with Crippen molar-refractivity contribution in [1.82, 2.24) is 20.9 Å². The Labute approximate surface area is 219 Å². The molecule has 0 bridgehead atoms. The predicted octanol–water partition coefficient (Wildman–Crippen LogP) is -0.851. The molecule has 1 unspecified atom stereocenters. The van der Waals surface area contributed by atoms with Crippen LogP contribution in [-0.2, 0) is 33.4 Å². The molecule has 38 heavy (non-hydrogen) atoms. The molecule has 206 valence electrons. The molecule has 0 saturated carbocycles. The van der Waals surface area contributed by atoms with Crippen molar-refractivity contribution in [2.75, 3.05) is 46.1 Å². The third-order valence-corrected chi connectivity index (χ3v) is 5.29. The SMILES string of the molecule is Cc1ccc(C(=O)NC(CCC(=O)O)C(=O)NCCNC(=O)COCCOCCN2C(=O)C=CC2=O)cc1. The van der Waals surface area contributed by atoms with Gasteiger partial charge in [-0.2, -0.15) is 0 Å². The number of carbonyl (C=O) groups excluding carboxylic acids is 5. The Morgan fingerprint density at radius 3 is 2.21 bits per heavy atom. The molecule has 1 aromatic rings. The van der Waals surface area contributed by atoms with E-state index in [2.05, 4.69) is 16.0 Å². The van der Waals surface area contributed by atoms with Crippen molar-refractivity contribution in [3.63, 3.8) is 0 Å². The average molecular weight is 533 g/mol. The van der Waals surface area contributed by atoms with E-state index in [1.54, 1.807) is 24.3 Å². The van der Waals surface area contributed by atoms with Gasteiger partial charge in [-0.25, -0.2) is 0 Å². The van der Waals surface area contributed by atoms with Crippen molar-refractivity contribution in [3.8, 4) is 0 Å². The molecule has 4 N–H and O–H groups in total. The Morgan fingerprint density at radius 2 is 1.55 bits per heavy atom. The normalized spacial score (nSPS) is 13.3. The van der Waals surface area contributed by atoms with E-state index < -0.39 is 29.7 Å². The van der Waals surface area contributed by atoms with Crippen LogP contribution in [0.3, 0.4) is 0 Å². The molecular formula is C25H32N4O9. The van der Waals surface area contributed by atoms with E-state index in [0.29, 0.717) is 5.56 Å². The number of aryl methyl sites for hydroxylation is 1. The number of amides is 5. The molecule has 13 nitrogen and oxygen atoms in total. The van der Waals surface area contributed by atoms with Gasteiger partial charge in [0.15, 0.2) is 0 Å². The highest BCUT2D eigenvalue weighted by Gasteiger charge is 2.23. The van der Waals surface area contributed by atoms with Crippen molar-refractivity contribution in [3.05, 3.63) is 47.5 Å². The van der Waals surface area contributed by atoms with Crippen molar-refractivity contribution >= 4 is 35.5 Å². The smallest absolute Gasteiger partial charge is 0.303 e. The average Bonchev–Trinajstić information content (AvgIpc) is 3.20. The summed E-state index contributed by atoms with van der Waals surface area (Å²) < 4.78 is 10.5. The maximum atomic E-state index is 12.5. The van der Waals surface area contributed by atoms with Crippen LogP contribution in [0.1, 0.15) is 28.8 Å². The first-order chi connectivity index (χ1) is 18.2. The number of aliphatic carboxylic acids is 1. The minimum absolute atomic E-state index is 0.0560. The highest BCUT2D eigenvalue weighted by atomic mass is 16.5. The maximum absolute atomic E-state index is 12.5. The van der Waals surface area contributed by atoms with Crippen LogP contribution in [0.15, 0.2) is 36.4 Å². The van der Waals surface area contributed by atoms with Crippen LogP contribution >= 0.6 is 0 Å². The number of rotatable bonds is 17. The number of hydrogen-bond donors (Lipinski definition) is 4. The lowest BCUT2D eigenvalue weighted by molar-refractivity contribution is -0.139. The summed E-state index contributed by atoms with van der Waals surface area (Å²) in [6.07, 6.45) is 1.98. The van der Waals surface area contributed by atoms with Crippen LogP contribution in [0.5, 0.6) is 0 Å². The van der Waals surface area contributed by atoms with Crippen LogP contribution in [-0.4, -0.2) is 97.6 Å². The fourth-order valence-corrected chi connectivity index (χ4v) is 3.24. The second kappa shape index (κ2) is 15.9. The fraction of sp³-hybridized carbons (Fsp3) is 0.440. The highest BCUT2D eigenvalue weighted by molar-refractivity contribution is 6.12. The second-order valence-electron chi connectivity index (χ2n) is 8.29. The first kappa shape index (κ1) is 30.1. The van der Waals surface area contributed by atoms with Crippen LogP contribution < -0.4 is 16.0 Å². The van der Waals surface area contributed by atoms with Gasteiger partial charge in [-0.05, 0) is 25.5 Å². The largest absolute Gasteiger partial charge is 0.481 e. The van der Waals surface area contributed by atoms with Crippen molar-refractivity contribution in [1.29, 1.82) is 0 Å². The highest BCUT2D eigenvalue weighted by Crippen LogP contribution is 2.06. The number of nitrogens with one attached hydrogen (secondary N) is 3. The van der Waals surface area contributed by atoms with E-state index in [1.807, 2.05) is 6.92 Å². The summed E-state index contributed by atoms with van der Waals surface area (Å²) in [6, 6.07) is 5.66. The molecule has 0 radical (unpaired) electrons. The van der Waals surface area contributed by atoms with Crippen LogP contribution in [0.4, 0.5) is 0 Å². The predicted molar refractivity (Wildman–Crippen MR) is 133 cm³/mol. The molecular weight excluding hydrogens is 500 g/mol. The maximum Gasteiger partial charge on any atom is 0.303 e. The Bertz CT molecular complexity index is 1020. The van der Waals surface area contributed by atoms with E-state index in [9.17, 15) is 28.8 Å². The lowest BCUT2D eigenvalue weighted by Gasteiger charge is -2.18. The Hall–Kier alpha value is -4.10. The van der Waals surface area contributed by atoms with Gasteiger partial charge in [0.25, 0.3) is 17.7 Å². The summed E-state index contributed by atoms with van der Waals surface area (Å²) in [4.78, 5) is 71.6. The zero-order valence-electron chi connectivity index (χ0n) is 21.1. The number of carboxylic acid groups (broad SMARTS) is 1. The Morgan fingerprint density at radius 1 is 0.921 bits per heavy atom. The van der Waals surface area contributed by atoms with Gasteiger partial charge < -0.3 is 30.5 Å². The van der Waals surface area contributed by atoms with E-state index >= 15 is 0 Å². The molecule has 0 aliphatic carbocycles. The number of nitrogens with zero attached hydrogens (tertiary/aromatic N) is 1. The van der Waals surface area contributed by atoms with Gasteiger partial charge in [0.2, 0.25) is 11.8 Å². The number of benzene rings is 1. The molecule has 1 aliphatic rings.